The number of hydrogen-bond acceptors (Lipinski definition) is 2. The molecular formula is C15H18N2O2. The summed E-state index contributed by atoms with van der Waals surface area (Å²) in [4.78, 5) is 14.4. The predicted octanol–water partition coefficient (Wildman–Crippen LogP) is 2.46. The first-order valence-electron chi connectivity index (χ1n) is 7.08. The molecule has 0 radical (unpaired) electrons. The fourth-order valence-corrected chi connectivity index (χ4v) is 3.47. The smallest absolute Gasteiger partial charge is 0.318 e. The molecule has 0 aromatic heterocycles. The van der Waals surface area contributed by atoms with Crippen LogP contribution in [0.5, 0.6) is 5.75 Å². The van der Waals surface area contributed by atoms with Crippen molar-refractivity contribution in [1.82, 2.24) is 10.2 Å². The second-order valence-electron chi connectivity index (χ2n) is 5.83. The van der Waals surface area contributed by atoms with E-state index in [9.17, 15) is 4.79 Å². The standard InChI is InChI=1S/C15H18N2O2/c18-14(17-9-8-15(17)6-3-7-15)16-12-10-19-13-5-2-1-4-11(12)13/h1-2,4-5,12H,3,6-10H2,(H,16,18). The maximum absolute atomic E-state index is 12.4. The van der Waals surface area contributed by atoms with Gasteiger partial charge >= 0.3 is 6.03 Å². The quantitative estimate of drug-likeness (QED) is 0.840. The normalized spacial score (nSPS) is 26.1. The number of rotatable bonds is 1. The first-order valence-corrected chi connectivity index (χ1v) is 7.08. The van der Waals surface area contributed by atoms with Crippen LogP contribution in [0.3, 0.4) is 0 Å². The third kappa shape index (κ3) is 1.55. The summed E-state index contributed by atoms with van der Waals surface area (Å²) in [5, 5.41) is 3.12. The second kappa shape index (κ2) is 3.89. The average molecular weight is 258 g/mol. The fraction of sp³-hybridized carbons (Fsp3) is 0.533. The summed E-state index contributed by atoms with van der Waals surface area (Å²) in [6.07, 6.45) is 4.80. The molecule has 4 heteroatoms. The summed E-state index contributed by atoms with van der Waals surface area (Å²) in [6, 6.07) is 8.02. The van der Waals surface area contributed by atoms with Gasteiger partial charge in [-0.15, -0.1) is 0 Å². The van der Waals surface area contributed by atoms with E-state index in [1.54, 1.807) is 0 Å². The summed E-state index contributed by atoms with van der Waals surface area (Å²) in [7, 11) is 0. The van der Waals surface area contributed by atoms with Crippen LogP contribution in [0.25, 0.3) is 0 Å². The minimum Gasteiger partial charge on any atom is -0.491 e. The second-order valence-corrected chi connectivity index (χ2v) is 5.83. The summed E-state index contributed by atoms with van der Waals surface area (Å²) in [6.45, 7) is 1.45. The third-order valence-electron chi connectivity index (χ3n) is 4.90. The molecule has 2 amide bonds. The van der Waals surface area contributed by atoms with Crippen LogP contribution >= 0.6 is 0 Å². The molecule has 3 aliphatic rings. The van der Waals surface area contributed by atoms with Crippen LogP contribution in [-0.4, -0.2) is 29.6 Å². The van der Waals surface area contributed by atoms with E-state index in [1.165, 1.54) is 25.7 Å². The molecular weight excluding hydrogens is 240 g/mol. The molecule has 2 heterocycles. The molecule has 1 N–H and O–H groups in total. The van der Waals surface area contributed by atoms with Gasteiger partial charge in [0, 0.05) is 17.6 Å². The fourth-order valence-electron chi connectivity index (χ4n) is 3.47. The number of carbonyl (C=O) groups excluding carboxylic acids is 1. The number of fused-ring (bicyclic) bond motifs is 1. The number of carbonyl (C=O) groups is 1. The maximum atomic E-state index is 12.4. The largest absolute Gasteiger partial charge is 0.491 e. The van der Waals surface area contributed by atoms with E-state index in [2.05, 4.69) is 5.32 Å². The number of para-hydroxylation sites is 1. The summed E-state index contributed by atoms with van der Waals surface area (Å²) < 4.78 is 5.60. The average Bonchev–Trinajstić information content (AvgIpc) is 2.69. The Morgan fingerprint density at radius 1 is 1.32 bits per heavy atom. The Bertz CT molecular complexity index is 519. The highest BCUT2D eigenvalue weighted by Gasteiger charge is 2.51. The Labute approximate surface area is 112 Å². The van der Waals surface area contributed by atoms with Crippen LogP contribution in [0.2, 0.25) is 0 Å². The van der Waals surface area contributed by atoms with Crippen molar-refractivity contribution in [1.29, 1.82) is 0 Å². The van der Waals surface area contributed by atoms with E-state index in [0.29, 0.717) is 6.61 Å². The summed E-state index contributed by atoms with van der Waals surface area (Å²) >= 11 is 0. The lowest BCUT2D eigenvalue weighted by Gasteiger charge is -2.58. The van der Waals surface area contributed by atoms with E-state index < -0.39 is 0 Å². The molecule has 1 unspecified atom stereocenters. The Hall–Kier alpha value is -1.71. The third-order valence-corrected chi connectivity index (χ3v) is 4.90. The van der Waals surface area contributed by atoms with Crippen LogP contribution in [0, 0.1) is 0 Å². The van der Waals surface area contributed by atoms with Gasteiger partial charge in [0.1, 0.15) is 12.4 Å². The Morgan fingerprint density at radius 2 is 2.16 bits per heavy atom. The van der Waals surface area contributed by atoms with Crippen LogP contribution < -0.4 is 10.1 Å². The monoisotopic (exact) mass is 258 g/mol. The van der Waals surface area contributed by atoms with Crippen molar-refractivity contribution in [2.24, 2.45) is 0 Å². The SMILES string of the molecule is O=C(NC1COc2ccccc21)N1CCC12CCC2. The van der Waals surface area contributed by atoms with Crippen LogP contribution in [-0.2, 0) is 0 Å². The van der Waals surface area contributed by atoms with Gasteiger partial charge in [-0.05, 0) is 31.7 Å². The van der Waals surface area contributed by atoms with Crippen LogP contribution in [0.4, 0.5) is 4.79 Å². The number of urea groups is 1. The number of nitrogens with one attached hydrogen (secondary N) is 1. The lowest BCUT2D eigenvalue weighted by atomic mass is 9.68. The highest BCUT2D eigenvalue weighted by molar-refractivity contribution is 5.77. The number of nitrogens with zero attached hydrogens (tertiary/aromatic N) is 1. The van der Waals surface area contributed by atoms with Crippen LogP contribution in [0.1, 0.15) is 37.3 Å². The van der Waals surface area contributed by atoms with Crippen molar-refractivity contribution < 1.29 is 9.53 Å². The molecule has 1 aromatic carbocycles. The number of amides is 2. The molecule has 2 aliphatic heterocycles. The molecule has 4 nitrogen and oxygen atoms in total. The van der Waals surface area contributed by atoms with Gasteiger partial charge in [-0.3, -0.25) is 0 Å². The van der Waals surface area contributed by atoms with E-state index in [-0.39, 0.29) is 17.6 Å². The molecule has 1 aromatic rings. The molecule has 1 saturated carbocycles. The van der Waals surface area contributed by atoms with Crippen molar-refractivity contribution in [2.45, 2.75) is 37.3 Å². The molecule has 4 rings (SSSR count). The highest BCUT2D eigenvalue weighted by Crippen LogP contribution is 2.47. The molecule has 19 heavy (non-hydrogen) atoms. The Balaban J connectivity index is 1.47. The number of ether oxygens (including phenoxy) is 1. The topological polar surface area (TPSA) is 41.6 Å². The van der Waals surface area contributed by atoms with Crippen molar-refractivity contribution >= 4 is 6.03 Å². The minimum atomic E-state index is 0.00132. The highest BCUT2D eigenvalue weighted by atomic mass is 16.5. The lowest BCUT2D eigenvalue weighted by molar-refractivity contribution is -0.0373. The maximum Gasteiger partial charge on any atom is 0.318 e. The van der Waals surface area contributed by atoms with Crippen LogP contribution in [0.15, 0.2) is 24.3 Å². The molecule has 1 aliphatic carbocycles. The Morgan fingerprint density at radius 3 is 2.84 bits per heavy atom. The van der Waals surface area contributed by atoms with Gasteiger partial charge in [-0.2, -0.15) is 0 Å². The van der Waals surface area contributed by atoms with E-state index in [0.717, 1.165) is 17.9 Å². The van der Waals surface area contributed by atoms with Crippen molar-refractivity contribution in [3.63, 3.8) is 0 Å². The lowest BCUT2D eigenvalue weighted by Crippen LogP contribution is -2.67. The summed E-state index contributed by atoms with van der Waals surface area (Å²) in [5.41, 5.74) is 1.31. The Kier molecular flexibility index (Phi) is 2.28. The summed E-state index contributed by atoms with van der Waals surface area (Å²) in [5.74, 6) is 0.898. The van der Waals surface area contributed by atoms with Crippen molar-refractivity contribution in [2.75, 3.05) is 13.2 Å². The minimum absolute atomic E-state index is 0.00132. The van der Waals surface area contributed by atoms with Crippen molar-refractivity contribution in [3.8, 4) is 5.75 Å². The molecule has 100 valence electrons. The molecule has 1 atom stereocenters. The number of benzene rings is 1. The van der Waals surface area contributed by atoms with Crippen molar-refractivity contribution in [3.05, 3.63) is 29.8 Å². The van der Waals surface area contributed by atoms with E-state index in [4.69, 9.17) is 4.74 Å². The van der Waals surface area contributed by atoms with Gasteiger partial charge in [-0.25, -0.2) is 4.79 Å². The molecule has 1 saturated heterocycles. The zero-order chi connectivity index (χ0) is 12.9. The van der Waals surface area contributed by atoms with Gasteiger partial charge in [-0.1, -0.05) is 18.2 Å². The molecule has 0 bridgehead atoms. The van der Waals surface area contributed by atoms with Gasteiger partial charge in [0.05, 0.1) is 6.04 Å². The van der Waals surface area contributed by atoms with Gasteiger partial charge in [0.15, 0.2) is 0 Å². The predicted molar refractivity (Wildman–Crippen MR) is 71.1 cm³/mol. The first kappa shape index (κ1) is 11.1. The van der Waals surface area contributed by atoms with E-state index >= 15 is 0 Å². The van der Waals surface area contributed by atoms with Gasteiger partial charge in [0.25, 0.3) is 0 Å². The first-order chi connectivity index (χ1) is 9.28. The number of likely N-dealkylation sites (tertiary alicyclic amines) is 1. The zero-order valence-corrected chi connectivity index (χ0v) is 10.9. The molecule has 1 spiro atoms. The number of hydrogen-bond donors (Lipinski definition) is 1. The molecule has 2 fully saturated rings. The van der Waals surface area contributed by atoms with E-state index in [1.807, 2.05) is 29.2 Å². The zero-order valence-electron chi connectivity index (χ0n) is 10.9. The van der Waals surface area contributed by atoms with Gasteiger partial charge < -0.3 is 15.0 Å². The van der Waals surface area contributed by atoms with Gasteiger partial charge in [0.2, 0.25) is 0 Å².